The van der Waals surface area contributed by atoms with Crippen LogP contribution in [0.3, 0.4) is 0 Å². The van der Waals surface area contributed by atoms with E-state index in [1.54, 1.807) is 0 Å². The van der Waals surface area contributed by atoms with E-state index in [9.17, 15) is 24.0 Å². The molecule has 1 aliphatic carbocycles. The second-order valence-corrected chi connectivity index (χ2v) is 9.61. The van der Waals surface area contributed by atoms with Crippen LogP contribution in [0.2, 0.25) is 0 Å². The van der Waals surface area contributed by atoms with Crippen molar-refractivity contribution >= 4 is 15.2 Å². The zero-order chi connectivity index (χ0) is 15.6. The zero-order valence-electron chi connectivity index (χ0n) is 13.5. The Morgan fingerprint density at radius 3 is 1.68 bits per heavy atom. The van der Waals surface area contributed by atoms with Crippen molar-refractivity contribution in [1.29, 1.82) is 0 Å². The van der Waals surface area contributed by atoms with Crippen LogP contribution in [0.5, 0.6) is 0 Å². The van der Waals surface area contributed by atoms with Crippen LogP contribution in [-0.4, -0.2) is 20.0 Å². The summed E-state index contributed by atoms with van der Waals surface area (Å²) in [5.74, 6) is 0.183. The average Bonchev–Trinajstić information content (AvgIpc) is 2.29. The smallest absolute Gasteiger partial charge is 0.776 e. The Balaban J connectivity index is 0. The summed E-state index contributed by atoms with van der Waals surface area (Å²) in [6.07, 6.45) is 4.25. The van der Waals surface area contributed by atoms with Gasteiger partial charge < -0.3 is 33.8 Å². The molecule has 0 radical (unpaired) electrons. The monoisotopic (exact) mass is 374 g/mol. The third kappa shape index (κ3) is 6.87. The molecule has 120 valence electrons. The van der Waals surface area contributed by atoms with Crippen molar-refractivity contribution in [2.75, 3.05) is 0 Å². The van der Waals surface area contributed by atoms with Gasteiger partial charge in [-0.05, 0) is 18.3 Å². The van der Waals surface area contributed by atoms with Crippen molar-refractivity contribution in [1.82, 2.24) is 0 Å². The molecule has 1 rings (SSSR count). The standard InChI is InChI=1S/C11H24O7P2.2Na/c1-2-3-9-4-6-10(7-5-9)8-11(12,19(13,14)15)20(16,17)18;;/h9-10,12H,2-8H2,1H3,(H2,13,14,15)(H2,16,17,18);;/q;2*+1/p-2. The first-order valence-corrected chi connectivity index (χ1v) is 9.97. The van der Waals surface area contributed by atoms with E-state index in [0.717, 1.165) is 25.7 Å². The van der Waals surface area contributed by atoms with Gasteiger partial charge in [-0.3, -0.25) is 0 Å². The van der Waals surface area contributed by atoms with E-state index in [0.29, 0.717) is 18.8 Å². The Bertz CT molecular complexity index is 393. The van der Waals surface area contributed by atoms with Gasteiger partial charge in [-0.15, -0.1) is 0 Å². The van der Waals surface area contributed by atoms with Crippen molar-refractivity contribution in [3.05, 3.63) is 0 Å². The summed E-state index contributed by atoms with van der Waals surface area (Å²) < 4.78 is 22.3. The van der Waals surface area contributed by atoms with Gasteiger partial charge in [-0.25, -0.2) is 0 Å². The minimum atomic E-state index is -5.62. The molecule has 0 spiro atoms. The molecule has 11 heteroatoms. The van der Waals surface area contributed by atoms with Crippen molar-refractivity contribution in [2.45, 2.75) is 57.0 Å². The van der Waals surface area contributed by atoms with E-state index in [1.807, 2.05) is 0 Å². The number of hydrogen-bond donors (Lipinski definition) is 3. The summed E-state index contributed by atoms with van der Waals surface area (Å²) in [5.41, 5.74) is 0. The maximum absolute atomic E-state index is 11.1. The number of hydrogen-bond acceptors (Lipinski definition) is 5. The maximum atomic E-state index is 11.1. The van der Waals surface area contributed by atoms with E-state index >= 15 is 0 Å². The first-order valence-electron chi connectivity index (χ1n) is 6.81. The van der Waals surface area contributed by atoms with Crippen LogP contribution in [-0.2, 0) is 9.13 Å². The van der Waals surface area contributed by atoms with Crippen LogP contribution in [0.1, 0.15) is 51.9 Å². The largest absolute Gasteiger partial charge is 1.00 e. The topological polar surface area (TPSA) is 141 Å². The predicted octanol–water partition coefficient (Wildman–Crippen LogP) is -5.27. The minimum Gasteiger partial charge on any atom is -0.776 e. The third-order valence-electron chi connectivity index (χ3n) is 4.13. The quantitative estimate of drug-likeness (QED) is 0.312. The summed E-state index contributed by atoms with van der Waals surface area (Å²) in [5, 5.41) is 6.28. The fourth-order valence-electron chi connectivity index (χ4n) is 2.91. The number of rotatable bonds is 6. The summed E-state index contributed by atoms with van der Waals surface area (Å²) in [4.78, 5) is 40.2. The van der Waals surface area contributed by atoms with Gasteiger partial charge in [0.05, 0.1) is 0 Å². The van der Waals surface area contributed by atoms with Gasteiger partial charge in [0.2, 0.25) is 0 Å². The summed E-state index contributed by atoms with van der Waals surface area (Å²) in [6, 6.07) is 0. The molecule has 2 unspecified atom stereocenters. The molecule has 7 nitrogen and oxygen atoms in total. The first kappa shape index (κ1) is 26.5. The van der Waals surface area contributed by atoms with E-state index in [-0.39, 0.29) is 65.0 Å². The minimum absolute atomic E-state index is 0. The van der Waals surface area contributed by atoms with Crippen LogP contribution in [0.15, 0.2) is 0 Å². The van der Waals surface area contributed by atoms with E-state index < -0.39 is 26.7 Å². The SMILES string of the molecule is CCCC1CCC(CC(O)(P(=O)([O-])O)P(=O)([O-])O)CC1.[Na+].[Na+]. The van der Waals surface area contributed by atoms with E-state index in [1.165, 1.54) is 0 Å². The molecule has 22 heavy (non-hydrogen) atoms. The van der Waals surface area contributed by atoms with Gasteiger partial charge >= 0.3 is 59.1 Å². The molecule has 3 N–H and O–H groups in total. The predicted molar refractivity (Wildman–Crippen MR) is 69.6 cm³/mol. The Morgan fingerprint density at radius 2 is 1.36 bits per heavy atom. The fraction of sp³-hybridized carbons (Fsp3) is 1.00. The van der Waals surface area contributed by atoms with Gasteiger partial charge in [0.1, 0.15) is 0 Å². The normalized spacial score (nSPS) is 29.9. The Kier molecular flexibility index (Phi) is 12.5. The van der Waals surface area contributed by atoms with Crippen LogP contribution in [0.25, 0.3) is 0 Å². The van der Waals surface area contributed by atoms with Crippen molar-refractivity contribution in [3.8, 4) is 0 Å². The van der Waals surface area contributed by atoms with Crippen molar-refractivity contribution < 1.29 is 92.9 Å². The third-order valence-corrected chi connectivity index (χ3v) is 7.82. The van der Waals surface area contributed by atoms with Gasteiger partial charge in [-0.1, -0.05) is 45.4 Å². The zero-order valence-corrected chi connectivity index (χ0v) is 19.3. The molecule has 0 aromatic rings. The molecular weight excluding hydrogens is 352 g/mol. The summed E-state index contributed by atoms with van der Waals surface area (Å²) >= 11 is 0. The molecule has 2 atom stereocenters. The second-order valence-electron chi connectivity index (χ2n) is 5.69. The fourth-order valence-corrected chi connectivity index (χ4v) is 5.17. The van der Waals surface area contributed by atoms with Gasteiger partial charge in [-0.2, -0.15) is 0 Å². The molecule has 1 aliphatic rings. The number of aliphatic hydroxyl groups is 1. The van der Waals surface area contributed by atoms with Gasteiger partial charge in [0.25, 0.3) is 0 Å². The van der Waals surface area contributed by atoms with Gasteiger partial charge in [0.15, 0.2) is 20.3 Å². The molecule has 0 bridgehead atoms. The Morgan fingerprint density at radius 1 is 1.00 bits per heavy atom. The van der Waals surface area contributed by atoms with Crippen LogP contribution < -0.4 is 68.9 Å². The Hall–Kier alpha value is 2.26. The molecule has 1 saturated carbocycles. The molecule has 0 saturated heterocycles. The van der Waals surface area contributed by atoms with E-state index in [2.05, 4.69) is 6.92 Å². The van der Waals surface area contributed by atoms with E-state index in [4.69, 9.17) is 9.79 Å². The first-order chi connectivity index (χ1) is 9.01. The molecule has 0 aromatic heterocycles. The van der Waals surface area contributed by atoms with Crippen molar-refractivity contribution in [3.63, 3.8) is 0 Å². The molecule has 1 fully saturated rings. The molecule has 0 aromatic carbocycles. The van der Waals surface area contributed by atoms with Crippen LogP contribution >= 0.6 is 15.2 Å². The molecular formula is C11H22Na2O7P2. The summed E-state index contributed by atoms with van der Waals surface area (Å²) in [6.45, 7) is 2.07. The van der Waals surface area contributed by atoms with Gasteiger partial charge in [0, 0.05) is 0 Å². The Labute approximate surface area is 175 Å². The van der Waals surface area contributed by atoms with Crippen LogP contribution in [0, 0.1) is 11.8 Å². The average molecular weight is 374 g/mol. The second kappa shape index (κ2) is 10.4. The molecule has 0 aliphatic heterocycles. The molecule has 0 amide bonds. The van der Waals surface area contributed by atoms with Crippen molar-refractivity contribution in [2.24, 2.45) is 11.8 Å². The summed E-state index contributed by atoms with van der Waals surface area (Å²) in [7, 11) is -11.2. The van der Waals surface area contributed by atoms with Crippen LogP contribution in [0.4, 0.5) is 0 Å². The maximum Gasteiger partial charge on any atom is 1.00 e. The molecule has 0 heterocycles.